The second kappa shape index (κ2) is 3.01. The topological polar surface area (TPSA) is 40.5 Å². The molecule has 2 aromatic rings. The standard InChI is InChI=1S/C10H10O2S/c1-6(11)10-5-7-4-8(12)2-3-9(7)13-10/h2-6,11-12H,1H3. The summed E-state index contributed by atoms with van der Waals surface area (Å²) in [6.07, 6.45) is -0.431. The number of aromatic hydroxyl groups is 1. The van der Waals surface area contributed by atoms with Crippen LogP contribution in [0.2, 0.25) is 0 Å². The van der Waals surface area contributed by atoms with E-state index < -0.39 is 6.10 Å². The van der Waals surface area contributed by atoms with Crippen molar-refractivity contribution < 1.29 is 10.2 Å². The minimum absolute atomic E-state index is 0.266. The van der Waals surface area contributed by atoms with E-state index in [2.05, 4.69) is 0 Å². The molecule has 1 aromatic heterocycles. The highest BCUT2D eigenvalue weighted by Gasteiger charge is 2.06. The van der Waals surface area contributed by atoms with Crippen molar-refractivity contribution >= 4 is 21.4 Å². The molecule has 0 bridgehead atoms. The quantitative estimate of drug-likeness (QED) is 0.732. The first-order valence-corrected chi connectivity index (χ1v) is 4.89. The molecule has 0 saturated carbocycles. The summed E-state index contributed by atoms with van der Waals surface area (Å²) in [5.74, 6) is 0.266. The molecule has 2 rings (SSSR count). The molecule has 13 heavy (non-hydrogen) atoms. The molecule has 0 radical (unpaired) electrons. The Balaban J connectivity index is 2.62. The summed E-state index contributed by atoms with van der Waals surface area (Å²) < 4.78 is 1.09. The summed E-state index contributed by atoms with van der Waals surface area (Å²) in [6, 6.07) is 7.13. The molecule has 1 heterocycles. The second-order valence-corrected chi connectivity index (χ2v) is 4.16. The molecule has 0 aliphatic heterocycles. The average Bonchev–Trinajstić information content (AvgIpc) is 2.46. The molecule has 0 aliphatic rings. The number of benzene rings is 1. The van der Waals surface area contributed by atoms with Crippen LogP contribution in [0.5, 0.6) is 5.75 Å². The van der Waals surface area contributed by atoms with Gasteiger partial charge in [0.15, 0.2) is 0 Å². The SMILES string of the molecule is CC(O)c1cc2cc(O)ccc2s1. The van der Waals surface area contributed by atoms with Gasteiger partial charge < -0.3 is 10.2 Å². The number of aliphatic hydroxyl groups excluding tert-OH is 1. The maximum atomic E-state index is 9.34. The Morgan fingerprint density at radius 3 is 2.77 bits per heavy atom. The van der Waals surface area contributed by atoms with Gasteiger partial charge in [0.2, 0.25) is 0 Å². The highest BCUT2D eigenvalue weighted by Crippen LogP contribution is 2.31. The Labute approximate surface area is 80.1 Å². The van der Waals surface area contributed by atoms with Crippen molar-refractivity contribution in [1.82, 2.24) is 0 Å². The number of fused-ring (bicyclic) bond motifs is 1. The number of phenols is 1. The first kappa shape index (κ1) is 8.53. The molecule has 1 aromatic carbocycles. The first-order valence-electron chi connectivity index (χ1n) is 4.07. The van der Waals surface area contributed by atoms with Crippen molar-refractivity contribution in [2.45, 2.75) is 13.0 Å². The Morgan fingerprint density at radius 2 is 2.08 bits per heavy atom. The molecule has 1 unspecified atom stereocenters. The van der Waals surface area contributed by atoms with E-state index in [9.17, 15) is 10.2 Å². The predicted octanol–water partition coefficient (Wildman–Crippen LogP) is 2.66. The van der Waals surface area contributed by atoms with Crippen LogP contribution in [0.15, 0.2) is 24.3 Å². The van der Waals surface area contributed by atoms with E-state index in [1.807, 2.05) is 12.1 Å². The maximum Gasteiger partial charge on any atom is 0.116 e. The van der Waals surface area contributed by atoms with Gasteiger partial charge in [-0.2, -0.15) is 0 Å². The summed E-state index contributed by atoms with van der Waals surface area (Å²) in [6.45, 7) is 1.74. The minimum Gasteiger partial charge on any atom is -0.508 e. The number of aliphatic hydroxyl groups is 1. The van der Waals surface area contributed by atoms with Crippen LogP contribution < -0.4 is 0 Å². The van der Waals surface area contributed by atoms with Crippen molar-refractivity contribution in [3.8, 4) is 5.75 Å². The summed E-state index contributed by atoms with van der Waals surface area (Å²) in [4.78, 5) is 0.931. The van der Waals surface area contributed by atoms with E-state index in [0.29, 0.717) is 0 Å². The largest absolute Gasteiger partial charge is 0.508 e. The molecule has 2 nitrogen and oxygen atoms in total. The van der Waals surface area contributed by atoms with Crippen molar-refractivity contribution in [2.24, 2.45) is 0 Å². The Morgan fingerprint density at radius 1 is 1.31 bits per heavy atom. The van der Waals surface area contributed by atoms with E-state index in [-0.39, 0.29) is 5.75 Å². The predicted molar refractivity (Wildman–Crippen MR) is 54.1 cm³/mol. The van der Waals surface area contributed by atoms with Crippen molar-refractivity contribution in [3.05, 3.63) is 29.1 Å². The Kier molecular flexibility index (Phi) is 1.98. The summed E-state index contributed by atoms with van der Waals surface area (Å²) >= 11 is 1.55. The van der Waals surface area contributed by atoms with Crippen LogP contribution in [-0.2, 0) is 0 Å². The molecule has 2 N–H and O–H groups in total. The summed E-state index contributed by atoms with van der Waals surface area (Å²) in [7, 11) is 0. The minimum atomic E-state index is -0.431. The van der Waals surface area contributed by atoms with Gasteiger partial charge in [-0.3, -0.25) is 0 Å². The molecule has 0 saturated heterocycles. The van der Waals surface area contributed by atoms with Crippen LogP contribution in [0.3, 0.4) is 0 Å². The van der Waals surface area contributed by atoms with Gasteiger partial charge in [0.25, 0.3) is 0 Å². The number of rotatable bonds is 1. The van der Waals surface area contributed by atoms with Crippen LogP contribution in [0.25, 0.3) is 10.1 Å². The van der Waals surface area contributed by atoms with Crippen LogP contribution in [0.1, 0.15) is 17.9 Å². The molecule has 3 heteroatoms. The highest BCUT2D eigenvalue weighted by molar-refractivity contribution is 7.19. The summed E-state index contributed by atoms with van der Waals surface area (Å²) in [5.41, 5.74) is 0. The van der Waals surface area contributed by atoms with Gasteiger partial charge in [-0.15, -0.1) is 11.3 Å². The lowest BCUT2D eigenvalue weighted by Crippen LogP contribution is -1.83. The smallest absolute Gasteiger partial charge is 0.116 e. The van der Waals surface area contributed by atoms with Gasteiger partial charge in [-0.25, -0.2) is 0 Å². The molecule has 0 spiro atoms. The Bertz CT molecular complexity index is 431. The van der Waals surface area contributed by atoms with Crippen LogP contribution in [-0.4, -0.2) is 10.2 Å². The zero-order chi connectivity index (χ0) is 9.42. The van der Waals surface area contributed by atoms with Gasteiger partial charge in [-0.05, 0) is 36.6 Å². The zero-order valence-corrected chi connectivity index (χ0v) is 8.01. The average molecular weight is 194 g/mol. The third-order valence-electron chi connectivity index (χ3n) is 1.93. The maximum absolute atomic E-state index is 9.34. The fraction of sp³-hybridized carbons (Fsp3) is 0.200. The van der Waals surface area contributed by atoms with Crippen molar-refractivity contribution in [3.63, 3.8) is 0 Å². The van der Waals surface area contributed by atoms with E-state index in [0.717, 1.165) is 15.0 Å². The second-order valence-electron chi connectivity index (χ2n) is 3.05. The molecule has 68 valence electrons. The van der Waals surface area contributed by atoms with Crippen LogP contribution >= 0.6 is 11.3 Å². The fourth-order valence-electron chi connectivity index (χ4n) is 1.26. The Hall–Kier alpha value is -1.06. The van der Waals surface area contributed by atoms with E-state index in [4.69, 9.17) is 0 Å². The lowest BCUT2D eigenvalue weighted by Gasteiger charge is -1.95. The van der Waals surface area contributed by atoms with Gasteiger partial charge in [0.1, 0.15) is 5.75 Å². The monoisotopic (exact) mass is 194 g/mol. The molecular weight excluding hydrogens is 184 g/mol. The number of hydrogen-bond acceptors (Lipinski definition) is 3. The third kappa shape index (κ3) is 1.53. The lowest BCUT2D eigenvalue weighted by atomic mass is 10.2. The van der Waals surface area contributed by atoms with E-state index in [1.54, 1.807) is 30.4 Å². The molecular formula is C10H10O2S. The third-order valence-corrected chi connectivity index (χ3v) is 3.22. The zero-order valence-electron chi connectivity index (χ0n) is 7.19. The number of thiophene rings is 1. The van der Waals surface area contributed by atoms with Crippen LogP contribution in [0, 0.1) is 0 Å². The number of hydrogen-bond donors (Lipinski definition) is 2. The number of phenolic OH excluding ortho intramolecular Hbond substituents is 1. The van der Waals surface area contributed by atoms with Crippen LogP contribution in [0.4, 0.5) is 0 Å². The summed E-state index contributed by atoms with van der Waals surface area (Å²) in [5, 5.41) is 19.5. The first-order chi connectivity index (χ1) is 6.16. The molecule has 1 atom stereocenters. The van der Waals surface area contributed by atoms with E-state index in [1.165, 1.54) is 0 Å². The van der Waals surface area contributed by atoms with Gasteiger partial charge in [-0.1, -0.05) is 0 Å². The normalized spacial score (nSPS) is 13.4. The van der Waals surface area contributed by atoms with Gasteiger partial charge in [0, 0.05) is 9.58 Å². The molecule has 0 amide bonds. The van der Waals surface area contributed by atoms with Gasteiger partial charge >= 0.3 is 0 Å². The molecule has 0 aliphatic carbocycles. The fourth-order valence-corrected chi connectivity index (χ4v) is 2.24. The van der Waals surface area contributed by atoms with Crippen molar-refractivity contribution in [1.29, 1.82) is 0 Å². The lowest BCUT2D eigenvalue weighted by molar-refractivity contribution is 0.203. The molecule has 0 fully saturated rings. The van der Waals surface area contributed by atoms with Crippen molar-refractivity contribution in [2.75, 3.05) is 0 Å². The highest BCUT2D eigenvalue weighted by atomic mass is 32.1. The van der Waals surface area contributed by atoms with E-state index >= 15 is 0 Å². The van der Waals surface area contributed by atoms with Gasteiger partial charge in [0.05, 0.1) is 6.10 Å².